The Balaban J connectivity index is 2.49. The first-order valence-electron chi connectivity index (χ1n) is 7.25. The summed E-state index contributed by atoms with van der Waals surface area (Å²) in [6.07, 6.45) is 0.591. The molecule has 5 heteroatoms. The van der Waals surface area contributed by atoms with Crippen LogP contribution in [0.2, 0.25) is 0 Å². The first-order chi connectivity index (χ1) is 9.85. The molecule has 0 aromatic heterocycles. The molecular formula is C16H21BrN2O2. The number of hydrogen-bond donors (Lipinski definition) is 1. The quantitative estimate of drug-likeness (QED) is 0.908. The molecule has 4 nitrogen and oxygen atoms in total. The molecule has 21 heavy (non-hydrogen) atoms. The number of hydrogen-bond acceptors (Lipinski definition) is 2. The minimum absolute atomic E-state index is 0.0334. The summed E-state index contributed by atoms with van der Waals surface area (Å²) >= 11 is 3.46. The van der Waals surface area contributed by atoms with Crippen molar-refractivity contribution in [1.82, 2.24) is 5.32 Å². The lowest BCUT2D eigenvalue weighted by molar-refractivity contribution is -0.134. The van der Waals surface area contributed by atoms with Crippen molar-refractivity contribution in [3.05, 3.63) is 28.2 Å². The summed E-state index contributed by atoms with van der Waals surface area (Å²) in [5.41, 5.74) is 1.83. The van der Waals surface area contributed by atoms with E-state index in [2.05, 4.69) is 21.2 Å². The van der Waals surface area contributed by atoms with E-state index in [1.807, 2.05) is 45.9 Å². The molecule has 2 rings (SSSR count). The molecule has 1 aliphatic rings. The van der Waals surface area contributed by atoms with Crippen LogP contribution in [0.5, 0.6) is 0 Å². The summed E-state index contributed by atoms with van der Waals surface area (Å²) in [7, 11) is 0. The molecule has 1 aliphatic heterocycles. The van der Waals surface area contributed by atoms with E-state index >= 15 is 0 Å². The number of piperazine rings is 1. The normalized spacial score (nSPS) is 22.7. The zero-order valence-corrected chi connectivity index (χ0v) is 14.4. The van der Waals surface area contributed by atoms with Crippen LogP contribution in [0.15, 0.2) is 22.7 Å². The van der Waals surface area contributed by atoms with E-state index in [1.165, 1.54) is 0 Å². The molecule has 1 fully saturated rings. The standard InChI is InChI=1S/C16H21BrN2O2/c1-5-13-15(20)18-14(9(2)3)16(21)19(13)12-7-10(4)6-11(17)8-12/h6-9,13-14H,5H2,1-4H3,(H,18,20). The summed E-state index contributed by atoms with van der Waals surface area (Å²) in [6.45, 7) is 7.79. The van der Waals surface area contributed by atoms with Crippen LogP contribution in [0.1, 0.15) is 32.8 Å². The molecule has 2 amide bonds. The predicted molar refractivity (Wildman–Crippen MR) is 87.2 cm³/mol. The van der Waals surface area contributed by atoms with Crippen LogP contribution in [-0.2, 0) is 9.59 Å². The van der Waals surface area contributed by atoms with Gasteiger partial charge in [-0.1, -0.05) is 36.7 Å². The fourth-order valence-corrected chi connectivity index (χ4v) is 3.31. The van der Waals surface area contributed by atoms with Gasteiger partial charge >= 0.3 is 0 Å². The fourth-order valence-electron chi connectivity index (χ4n) is 2.71. The van der Waals surface area contributed by atoms with Crippen molar-refractivity contribution in [3.63, 3.8) is 0 Å². The van der Waals surface area contributed by atoms with Gasteiger partial charge in [0.05, 0.1) is 0 Å². The highest BCUT2D eigenvalue weighted by atomic mass is 79.9. The molecule has 0 aliphatic carbocycles. The predicted octanol–water partition coefficient (Wildman–Crippen LogP) is 3.02. The summed E-state index contributed by atoms with van der Waals surface area (Å²) in [5.74, 6) is -0.0441. The molecule has 0 radical (unpaired) electrons. The number of nitrogens with one attached hydrogen (secondary N) is 1. The molecule has 0 saturated carbocycles. The zero-order valence-electron chi connectivity index (χ0n) is 12.8. The van der Waals surface area contributed by atoms with Gasteiger partial charge in [0.25, 0.3) is 5.91 Å². The van der Waals surface area contributed by atoms with Crippen molar-refractivity contribution >= 4 is 33.4 Å². The van der Waals surface area contributed by atoms with Gasteiger partial charge < -0.3 is 5.32 Å². The van der Waals surface area contributed by atoms with Gasteiger partial charge in [-0.2, -0.15) is 0 Å². The average molecular weight is 353 g/mol. The smallest absolute Gasteiger partial charge is 0.250 e. The first kappa shape index (κ1) is 16.0. The van der Waals surface area contributed by atoms with Gasteiger partial charge in [0.15, 0.2) is 0 Å². The lowest BCUT2D eigenvalue weighted by Crippen LogP contribution is -2.64. The van der Waals surface area contributed by atoms with E-state index in [0.717, 1.165) is 15.7 Å². The SMILES string of the molecule is CCC1C(=O)NC(C(C)C)C(=O)N1c1cc(C)cc(Br)c1. The third-order valence-corrected chi connectivity index (χ3v) is 4.23. The number of benzene rings is 1. The van der Waals surface area contributed by atoms with Crippen molar-refractivity contribution in [3.8, 4) is 0 Å². The van der Waals surface area contributed by atoms with Gasteiger partial charge in [-0.15, -0.1) is 0 Å². The second-order valence-corrected chi connectivity index (χ2v) is 6.77. The Kier molecular flexibility index (Phi) is 4.71. The highest BCUT2D eigenvalue weighted by Gasteiger charge is 2.41. The van der Waals surface area contributed by atoms with E-state index < -0.39 is 12.1 Å². The first-order valence-corrected chi connectivity index (χ1v) is 8.05. The third kappa shape index (κ3) is 3.12. The van der Waals surface area contributed by atoms with E-state index in [4.69, 9.17) is 0 Å². The summed E-state index contributed by atoms with van der Waals surface area (Å²) < 4.78 is 0.909. The van der Waals surface area contributed by atoms with Gasteiger partial charge in [-0.3, -0.25) is 14.5 Å². The Labute approximate surface area is 134 Å². The average Bonchev–Trinajstić information content (AvgIpc) is 2.38. The zero-order chi connectivity index (χ0) is 15.7. The topological polar surface area (TPSA) is 49.4 Å². The Morgan fingerprint density at radius 3 is 2.48 bits per heavy atom. The lowest BCUT2D eigenvalue weighted by atomic mass is 9.96. The maximum absolute atomic E-state index is 12.8. The molecule has 114 valence electrons. The van der Waals surface area contributed by atoms with Crippen LogP contribution in [0.25, 0.3) is 0 Å². The van der Waals surface area contributed by atoms with Crippen molar-refractivity contribution in [2.24, 2.45) is 5.92 Å². The molecule has 1 saturated heterocycles. The maximum atomic E-state index is 12.8. The Bertz CT molecular complexity index is 551. The second-order valence-electron chi connectivity index (χ2n) is 5.85. The van der Waals surface area contributed by atoms with Crippen LogP contribution >= 0.6 is 15.9 Å². The molecule has 2 unspecified atom stereocenters. The van der Waals surface area contributed by atoms with Crippen molar-refractivity contribution in [2.45, 2.75) is 46.2 Å². The number of carbonyl (C=O) groups is 2. The van der Waals surface area contributed by atoms with Gasteiger partial charge in [-0.05, 0) is 43.0 Å². The summed E-state index contributed by atoms with van der Waals surface area (Å²) in [4.78, 5) is 26.8. The molecule has 1 heterocycles. The highest BCUT2D eigenvalue weighted by Crippen LogP contribution is 2.28. The van der Waals surface area contributed by atoms with Crippen LogP contribution in [0, 0.1) is 12.8 Å². The molecule has 1 N–H and O–H groups in total. The van der Waals surface area contributed by atoms with E-state index in [9.17, 15) is 9.59 Å². The van der Waals surface area contributed by atoms with Crippen molar-refractivity contribution in [2.75, 3.05) is 4.90 Å². The lowest BCUT2D eigenvalue weighted by Gasteiger charge is -2.40. The summed E-state index contributed by atoms with van der Waals surface area (Å²) in [5, 5.41) is 2.85. The minimum Gasteiger partial charge on any atom is -0.342 e. The number of halogens is 1. The van der Waals surface area contributed by atoms with E-state index in [-0.39, 0.29) is 17.7 Å². The Morgan fingerprint density at radius 1 is 1.29 bits per heavy atom. The largest absolute Gasteiger partial charge is 0.342 e. The number of aryl methyl sites for hydroxylation is 1. The molecule has 0 bridgehead atoms. The van der Waals surface area contributed by atoms with Crippen LogP contribution in [0.4, 0.5) is 5.69 Å². The molecule has 1 aromatic rings. The minimum atomic E-state index is -0.459. The molecular weight excluding hydrogens is 332 g/mol. The number of anilines is 1. The fraction of sp³-hybridized carbons (Fsp3) is 0.500. The van der Waals surface area contributed by atoms with Crippen LogP contribution in [0.3, 0.4) is 0 Å². The van der Waals surface area contributed by atoms with Gasteiger partial charge in [0.2, 0.25) is 5.91 Å². The Morgan fingerprint density at radius 2 is 1.95 bits per heavy atom. The Hall–Kier alpha value is -1.36. The maximum Gasteiger partial charge on any atom is 0.250 e. The van der Waals surface area contributed by atoms with E-state index in [0.29, 0.717) is 6.42 Å². The number of nitrogens with zero attached hydrogens (tertiary/aromatic N) is 1. The van der Waals surface area contributed by atoms with Gasteiger partial charge in [-0.25, -0.2) is 0 Å². The van der Waals surface area contributed by atoms with Crippen molar-refractivity contribution in [1.29, 1.82) is 0 Å². The monoisotopic (exact) mass is 352 g/mol. The third-order valence-electron chi connectivity index (χ3n) is 3.77. The molecule has 0 spiro atoms. The van der Waals surface area contributed by atoms with Gasteiger partial charge in [0.1, 0.15) is 12.1 Å². The molecule has 1 aromatic carbocycles. The number of rotatable bonds is 3. The van der Waals surface area contributed by atoms with Crippen LogP contribution in [-0.4, -0.2) is 23.9 Å². The van der Waals surface area contributed by atoms with E-state index in [1.54, 1.807) is 4.90 Å². The van der Waals surface area contributed by atoms with Gasteiger partial charge in [0, 0.05) is 10.2 Å². The number of amides is 2. The van der Waals surface area contributed by atoms with Crippen LogP contribution < -0.4 is 10.2 Å². The summed E-state index contributed by atoms with van der Waals surface area (Å²) in [6, 6.07) is 4.92. The molecule has 2 atom stereocenters. The number of carbonyl (C=O) groups excluding carboxylic acids is 2. The van der Waals surface area contributed by atoms with Crippen molar-refractivity contribution < 1.29 is 9.59 Å². The highest BCUT2D eigenvalue weighted by molar-refractivity contribution is 9.10. The second kappa shape index (κ2) is 6.18.